The summed E-state index contributed by atoms with van der Waals surface area (Å²) >= 11 is 5.91. The van der Waals surface area contributed by atoms with Gasteiger partial charge < -0.3 is 15.4 Å². The van der Waals surface area contributed by atoms with Crippen LogP contribution in [0.5, 0.6) is 5.75 Å². The van der Waals surface area contributed by atoms with Crippen molar-refractivity contribution in [3.8, 4) is 5.75 Å². The minimum atomic E-state index is -0.334. The van der Waals surface area contributed by atoms with Gasteiger partial charge in [-0.2, -0.15) is 0 Å². The largest absolute Gasteiger partial charge is 0.496 e. The molecule has 0 aliphatic carbocycles. The Morgan fingerprint density at radius 3 is 2.43 bits per heavy atom. The molecular formula is C17H17ClN2O3. The van der Waals surface area contributed by atoms with Gasteiger partial charge in [-0.3, -0.25) is 9.59 Å². The normalized spacial score (nSPS) is 10.1. The van der Waals surface area contributed by atoms with Gasteiger partial charge in [0.1, 0.15) is 5.75 Å². The molecule has 0 spiro atoms. The first kappa shape index (κ1) is 16.8. The number of methoxy groups -OCH3 is 1. The molecule has 5 nitrogen and oxygen atoms in total. The van der Waals surface area contributed by atoms with Gasteiger partial charge in [0.05, 0.1) is 12.7 Å². The number of carbonyl (C=O) groups is 2. The molecule has 0 bridgehead atoms. The second-order valence-corrected chi connectivity index (χ2v) is 5.45. The third-order valence-electron chi connectivity index (χ3n) is 3.20. The minimum Gasteiger partial charge on any atom is -0.496 e. The lowest BCUT2D eigenvalue weighted by Crippen LogP contribution is -2.15. The molecule has 6 heteroatoms. The Bertz CT molecular complexity index is 759. The van der Waals surface area contributed by atoms with Crippen LogP contribution in [0.15, 0.2) is 36.4 Å². The molecule has 2 amide bonds. The maximum absolute atomic E-state index is 12.5. The fourth-order valence-electron chi connectivity index (χ4n) is 2.12. The predicted octanol–water partition coefficient (Wildman–Crippen LogP) is 3.87. The van der Waals surface area contributed by atoms with Crippen LogP contribution in [0.25, 0.3) is 0 Å². The molecule has 2 N–H and O–H groups in total. The van der Waals surface area contributed by atoms with Crippen molar-refractivity contribution in [2.24, 2.45) is 0 Å². The van der Waals surface area contributed by atoms with Crippen LogP contribution in [0.2, 0.25) is 5.02 Å². The topological polar surface area (TPSA) is 67.4 Å². The molecule has 0 atom stereocenters. The molecular weight excluding hydrogens is 316 g/mol. The summed E-state index contributed by atoms with van der Waals surface area (Å²) in [6, 6.07) is 10.1. The van der Waals surface area contributed by atoms with Crippen LogP contribution in [0, 0.1) is 6.92 Å². The molecule has 2 aromatic rings. The van der Waals surface area contributed by atoms with Crippen LogP contribution in [0.1, 0.15) is 22.8 Å². The lowest BCUT2D eigenvalue weighted by Gasteiger charge is -2.13. The number of amides is 2. The van der Waals surface area contributed by atoms with Crippen LogP contribution in [0.4, 0.5) is 11.4 Å². The van der Waals surface area contributed by atoms with Gasteiger partial charge in [0.2, 0.25) is 5.91 Å². The Balaban J connectivity index is 2.31. The summed E-state index contributed by atoms with van der Waals surface area (Å²) in [5.41, 5.74) is 2.36. The van der Waals surface area contributed by atoms with E-state index in [1.165, 1.54) is 14.0 Å². The van der Waals surface area contributed by atoms with Gasteiger partial charge in [0, 0.05) is 23.3 Å². The second kappa shape index (κ2) is 7.15. The molecule has 0 heterocycles. The van der Waals surface area contributed by atoms with Crippen molar-refractivity contribution in [1.29, 1.82) is 0 Å². The lowest BCUT2D eigenvalue weighted by atomic mass is 10.1. The number of hydrogen-bond donors (Lipinski definition) is 2. The van der Waals surface area contributed by atoms with Gasteiger partial charge in [-0.1, -0.05) is 11.6 Å². The fourth-order valence-corrected chi connectivity index (χ4v) is 2.35. The van der Waals surface area contributed by atoms with E-state index in [9.17, 15) is 9.59 Å². The van der Waals surface area contributed by atoms with E-state index in [4.69, 9.17) is 16.3 Å². The Labute approximate surface area is 139 Å². The fraction of sp³-hybridized carbons (Fsp3) is 0.176. The third-order valence-corrected chi connectivity index (χ3v) is 3.44. The van der Waals surface area contributed by atoms with E-state index in [1.54, 1.807) is 36.4 Å². The number of ether oxygens (including phenoxy) is 1. The van der Waals surface area contributed by atoms with Crippen molar-refractivity contribution in [3.05, 3.63) is 52.5 Å². The van der Waals surface area contributed by atoms with E-state index >= 15 is 0 Å². The molecule has 2 rings (SSSR count). The first-order chi connectivity index (χ1) is 10.9. The summed E-state index contributed by atoms with van der Waals surface area (Å²) in [6.45, 7) is 3.26. The van der Waals surface area contributed by atoms with Gasteiger partial charge >= 0.3 is 0 Å². The van der Waals surface area contributed by atoms with Gasteiger partial charge in [-0.25, -0.2) is 0 Å². The molecule has 0 fully saturated rings. The molecule has 0 aliphatic rings. The molecule has 0 aliphatic heterocycles. The molecule has 2 aromatic carbocycles. The number of aryl methyl sites for hydroxylation is 1. The standard InChI is InChI=1S/C17H17ClN2O3/c1-10-8-12(18)4-6-15(10)20-17(22)14-9-13(19-11(2)21)5-7-16(14)23-3/h4-9H,1-3H3,(H,19,21)(H,20,22). The van der Waals surface area contributed by atoms with Crippen molar-refractivity contribution < 1.29 is 14.3 Å². The SMILES string of the molecule is COc1ccc(NC(C)=O)cc1C(=O)Nc1ccc(Cl)cc1C. The summed E-state index contributed by atoms with van der Waals surface area (Å²) in [4.78, 5) is 23.7. The third kappa shape index (κ3) is 4.23. The van der Waals surface area contributed by atoms with Gasteiger partial charge in [0.15, 0.2) is 0 Å². The van der Waals surface area contributed by atoms with E-state index in [0.717, 1.165) is 5.56 Å². The highest BCUT2D eigenvalue weighted by atomic mass is 35.5. The van der Waals surface area contributed by atoms with Gasteiger partial charge in [-0.15, -0.1) is 0 Å². The highest BCUT2D eigenvalue weighted by Crippen LogP contribution is 2.25. The number of anilines is 2. The Kier molecular flexibility index (Phi) is 5.24. The van der Waals surface area contributed by atoms with E-state index in [-0.39, 0.29) is 11.8 Å². The number of hydrogen-bond acceptors (Lipinski definition) is 3. The lowest BCUT2D eigenvalue weighted by molar-refractivity contribution is -0.114. The summed E-state index contributed by atoms with van der Waals surface area (Å²) < 4.78 is 5.22. The predicted molar refractivity (Wildman–Crippen MR) is 91.4 cm³/mol. The maximum Gasteiger partial charge on any atom is 0.259 e. The Morgan fingerprint density at radius 2 is 1.83 bits per heavy atom. The zero-order valence-electron chi connectivity index (χ0n) is 13.1. The molecule has 0 aromatic heterocycles. The van der Waals surface area contributed by atoms with Crippen LogP contribution in [-0.2, 0) is 4.79 Å². The Morgan fingerprint density at radius 1 is 1.09 bits per heavy atom. The summed E-state index contributed by atoms with van der Waals surface area (Å²) in [5.74, 6) is -0.127. The monoisotopic (exact) mass is 332 g/mol. The summed E-state index contributed by atoms with van der Waals surface area (Å²) in [5, 5.41) is 6.06. The van der Waals surface area contributed by atoms with Crippen molar-refractivity contribution in [2.45, 2.75) is 13.8 Å². The van der Waals surface area contributed by atoms with Crippen LogP contribution in [0.3, 0.4) is 0 Å². The zero-order chi connectivity index (χ0) is 17.0. The number of benzene rings is 2. The smallest absolute Gasteiger partial charge is 0.259 e. The molecule has 0 radical (unpaired) electrons. The number of rotatable bonds is 4. The zero-order valence-corrected chi connectivity index (χ0v) is 13.8. The van der Waals surface area contributed by atoms with Crippen LogP contribution < -0.4 is 15.4 Å². The summed E-state index contributed by atoms with van der Waals surface area (Å²) in [7, 11) is 1.48. The molecule has 0 saturated carbocycles. The van der Waals surface area contributed by atoms with Crippen molar-refractivity contribution in [1.82, 2.24) is 0 Å². The van der Waals surface area contributed by atoms with Crippen LogP contribution >= 0.6 is 11.6 Å². The molecule has 23 heavy (non-hydrogen) atoms. The number of halogens is 1. The number of carbonyl (C=O) groups excluding carboxylic acids is 2. The molecule has 120 valence electrons. The highest BCUT2D eigenvalue weighted by Gasteiger charge is 2.15. The first-order valence-electron chi connectivity index (χ1n) is 6.94. The van der Waals surface area contributed by atoms with E-state index < -0.39 is 0 Å². The maximum atomic E-state index is 12.5. The Hall–Kier alpha value is -2.53. The average molecular weight is 333 g/mol. The first-order valence-corrected chi connectivity index (χ1v) is 7.31. The quantitative estimate of drug-likeness (QED) is 0.893. The van der Waals surface area contributed by atoms with Crippen LogP contribution in [-0.4, -0.2) is 18.9 Å². The number of nitrogens with one attached hydrogen (secondary N) is 2. The van der Waals surface area contributed by atoms with Crippen molar-refractivity contribution >= 4 is 34.8 Å². The molecule has 0 saturated heterocycles. The van der Waals surface area contributed by atoms with E-state index in [2.05, 4.69) is 10.6 Å². The average Bonchev–Trinajstić information content (AvgIpc) is 2.49. The van der Waals surface area contributed by atoms with E-state index in [0.29, 0.717) is 27.7 Å². The van der Waals surface area contributed by atoms with Gasteiger partial charge in [0.25, 0.3) is 5.91 Å². The van der Waals surface area contributed by atoms with Crippen molar-refractivity contribution in [2.75, 3.05) is 17.7 Å². The van der Waals surface area contributed by atoms with Gasteiger partial charge in [-0.05, 0) is 48.9 Å². The summed E-state index contributed by atoms with van der Waals surface area (Å²) in [6.07, 6.45) is 0. The highest BCUT2D eigenvalue weighted by molar-refractivity contribution is 6.30. The van der Waals surface area contributed by atoms with E-state index in [1.807, 2.05) is 6.92 Å². The minimum absolute atomic E-state index is 0.213. The second-order valence-electron chi connectivity index (χ2n) is 5.01. The van der Waals surface area contributed by atoms with Crippen molar-refractivity contribution in [3.63, 3.8) is 0 Å². The molecule has 0 unspecified atom stereocenters.